The van der Waals surface area contributed by atoms with Gasteiger partial charge in [-0.15, -0.1) is 11.8 Å². The SMILES string of the molecule is CC(C)CNC(=O)CCN1C(=O)CSC1c1ccc(F)cc1F. The molecule has 0 saturated carbocycles. The fourth-order valence-corrected chi connectivity index (χ4v) is 3.52. The Bertz CT molecular complexity index is 595. The molecular weight excluding hydrogens is 322 g/mol. The summed E-state index contributed by atoms with van der Waals surface area (Å²) in [4.78, 5) is 25.3. The number of carbonyl (C=O) groups is 2. The Kier molecular flexibility index (Phi) is 5.98. The summed E-state index contributed by atoms with van der Waals surface area (Å²) >= 11 is 1.28. The molecule has 1 aliphatic rings. The molecule has 1 aliphatic heterocycles. The van der Waals surface area contributed by atoms with Gasteiger partial charge in [-0.2, -0.15) is 0 Å². The van der Waals surface area contributed by atoms with E-state index in [0.29, 0.717) is 12.5 Å². The van der Waals surface area contributed by atoms with Crippen LogP contribution in [0.5, 0.6) is 0 Å². The Morgan fingerprint density at radius 2 is 2.17 bits per heavy atom. The van der Waals surface area contributed by atoms with E-state index in [4.69, 9.17) is 0 Å². The lowest BCUT2D eigenvalue weighted by atomic mass is 10.1. The summed E-state index contributed by atoms with van der Waals surface area (Å²) in [6.45, 7) is 4.79. The maximum atomic E-state index is 13.9. The van der Waals surface area contributed by atoms with E-state index >= 15 is 0 Å². The van der Waals surface area contributed by atoms with E-state index in [2.05, 4.69) is 5.32 Å². The topological polar surface area (TPSA) is 49.4 Å². The van der Waals surface area contributed by atoms with Gasteiger partial charge in [0.15, 0.2) is 0 Å². The smallest absolute Gasteiger partial charge is 0.233 e. The van der Waals surface area contributed by atoms with Crippen molar-refractivity contribution in [3.8, 4) is 0 Å². The zero-order valence-corrected chi connectivity index (χ0v) is 14.0. The van der Waals surface area contributed by atoms with Crippen LogP contribution >= 0.6 is 11.8 Å². The highest BCUT2D eigenvalue weighted by molar-refractivity contribution is 8.00. The molecule has 1 heterocycles. The fourth-order valence-electron chi connectivity index (χ4n) is 2.28. The van der Waals surface area contributed by atoms with E-state index in [-0.39, 0.29) is 36.1 Å². The van der Waals surface area contributed by atoms with Crippen LogP contribution in [-0.4, -0.2) is 35.6 Å². The van der Waals surface area contributed by atoms with Crippen LogP contribution in [0.2, 0.25) is 0 Å². The molecule has 126 valence electrons. The number of carbonyl (C=O) groups excluding carboxylic acids is 2. The first-order valence-corrected chi connectivity index (χ1v) is 8.56. The number of nitrogens with one attached hydrogen (secondary N) is 1. The normalized spacial score (nSPS) is 17.9. The molecule has 1 atom stereocenters. The maximum Gasteiger partial charge on any atom is 0.233 e. The van der Waals surface area contributed by atoms with Crippen molar-refractivity contribution in [1.82, 2.24) is 10.2 Å². The van der Waals surface area contributed by atoms with E-state index < -0.39 is 17.0 Å². The molecule has 4 nitrogen and oxygen atoms in total. The van der Waals surface area contributed by atoms with Crippen molar-refractivity contribution < 1.29 is 18.4 Å². The molecule has 0 bridgehead atoms. The van der Waals surface area contributed by atoms with E-state index in [9.17, 15) is 18.4 Å². The minimum absolute atomic E-state index is 0.137. The van der Waals surface area contributed by atoms with Gasteiger partial charge in [-0.05, 0) is 12.0 Å². The van der Waals surface area contributed by atoms with Gasteiger partial charge in [-0.25, -0.2) is 8.78 Å². The van der Waals surface area contributed by atoms with Crippen LogP contribution in [0.4, 0.5) is 8.78 Å². The third kappa shape index (κ3) is 4.67. The number of nitrogens with zero attached hydrogens (tertiary/aromatic N) is 1. The van der Waals surface area contributed by atoms with Crippen molar-refractivity contribution in [3.05, 3.63) is 35.4 Å². The Morgan fingerprint density at radius 3 is 2.83 bits per heavy atom. The number of hydrogen-bond acceptors (Lipinski definition) is 3. The molecule has 0 aromatic heterocycles. The summed E-state index contributed by atoms with van der Waals surface area (Å²) in [5.74, 6) is -1.02. The number of halogens is 2. The monoisotopic (exact) mass is 342 g/mol. The lowest BCUT2D eigenvalue weighted by Gasteiger charge is -2.24. The molecule has 0 radical (unpaired) electrons. The highest BCUT2D eigenvalue weighted by Crippen LogP contribution is 2.39. The highest BCUT2D eigenvalue weighted by atomic mass is 32.2. The van der Waals surface area contributed by atoms with Gasteiger partial charge in [0.2, 0.25) is 11.8 Å². The van der Waals surface area contributed by atoms with Gasteiger partial charge in [0.05, 0.1) is 5.75 Å². The molecule has 1 unspecified atom stereocenters. The lowest BCUT2D eigenvalue weighted by molar-refractivity contribution is -0.129. The number of thioether (sulfide) groups is 1. The third-order valence-electron chi connectivity index (χ3n) is 3.48. The van der Waals surface area contributed by atoms with Crippen LogP contribution in [0.15, 0.2) is 18.2 Å². The Morgan fingerprint density at radius 1 is 1.43 bits per heavy atom. The van der Waals surface area contributed by atoms with Crippen LogP contribution in [0.25, 0.3) is 0 Å². The van der Waals surface area contributed by atoms with Crippen LogP contribution in [0.3, 0.4) is 0 Å². The second-order valence-electron chi connectivity index (χ2n) is 5.86. The molecule has 0 aliphatic carbocycles. The van der Waals surface area contributed by atoms with E-state index in [1.54, 1.807) is 0 Å². The molecular formula is C16H20F2N2O2S. The second-order valence-corrected chi connectivity index (χ2v) is 6.93. The summed E-state index contributed by atoms with van der Waals surface area (Å²) < 4.78 is 27.0. The Labute approximate surface area is 138 Å². The summed E-state index contributed by atoms with van der Waals surface area (Å²) in [5, 5.41) is 2.27. The Hall–Kier alpha value is -1.63. The molecule has 1 N–H and O–H groups in total. The summed E-state index contributed by atoms with van der Waals surface area (Å²) in [7, 11) is 0. The number of benzene rings is 1. The van der Waals surface area contributed by atoms with E-state index in [1.165, 1.54) is 28.8 Å². The predicted molar refractivity (Wildman–Crippen MR) is 85.7 cm³/mol. The molecule has 1 saturated heterocycles. The van der Waals surface area contributed by atoms with Crippen molar-refractivity contribution in [2.45, 2.75) is 25.6 Å². The first-order valence-electron chi connectivity index (χ1n) is 7.51. The lowest BCUT2D eigenvalue weighted by Crippen LogP contribution is -2.34. The van der Waals surface area contributed by atoms with Crippen molar-refractivity contribution in [1.29, 1.82) is 0 Å². The van der Waals surface area contributed by atoms with Gasteiger partial charge in [0.25, 0.3) is 0 Å². The van der Waals surface area contributed by atoms with Crippen molar-refractivity contribution >= 4 is 23.6 Å². The van der Waals surface area contributed by atoms with Crippen molar-refractivity contribution in [2.24, 2.45) is 5.92 Å². The highest BCUT2D eigenvalue weighted by Gasteiger charge is 2.34. The third-order valence-corrected chi connectivity index (χ3v) is 4.72. The van der Waals surface area contributed by atoms with Crippen LogP contribution in [-0.2, 0) is 9.59 Å². The summed E-state index contributed by atoms with van der Waals surface area (Å²) in [6, 6.07) is 3.34. The first-order chi connectivity index (χ1) is 10.9. The predicted octanol–water partition coefficient (Wildman–Crippen LogP) is 2.70. The summed E-state index contributed by atoms with van der Waals surface area (Å²) in [5.41, 5.74) is 0.268. The number of rotatable bonds is 6. The van der Waals surface area contributed by atoms with Gasteiger partial charge in [0, 0.05) is 31.1 Å². The number of hydrogen-bond donors (Lipinski definition) is 1. The van der Waals surface area contributed by atoms with Crippen LogP contribution in [0, 0.1) is 17.6 Å². The minimum atomic E-state index is -0.675. The molecule has 0 spiro atoms. The van der Waals surface area contributed by atoms with Crippen molar-refractivity contribution in [3.63, 3.8) is 0 Å². The molecule has 1 fully saturated rings. The molecule has 1 aromatic carbocycles. The van der Waals surface area contributed by atoms with E-state index in [1.807, 2.05) is 13.8 Å². The molecule has 2 amide bonds. The van der Waals surface area contributed by atoms with Gasteiger partial charge in [-0.1, -0.05) is 19.9 Å². The molecule has 2 rings (SSSR count). The minimum Gasteiger partial charge on any atom is -0.356 e. The average Bonchev–Trinajstić information content (AvgIpc) is 2.84. The summed E-state index contributed by atoms with van der Waals surface area (Å²) in [6.07, 6.45) is 0.165. The standard InChI is InChI=1S/C16H20F2N2O2S/c1-10(2)8-19-14(21)5-6-20-15(22)9-23-16(20)12-4-3-11(17)7-13(12)18/h3-4,7,10,16H,5-6,8-9H2,1-2H3,(H,19,21). The molecule has 23 heavy (non-hydrogen) atoms. The maximum absolute atomic E-state index is 13.9. The molecule has 1 aromatic rings. The van der Waals surface area contributed by atoms with Crippen LogP contribution in [0.1, 0.15) is 31.2 Å². The fraction of sp³-hybridized carbons (Fsp3) is 0.500. The second kappa shape index (κ2) is 7.77. The average molecular weight is 342 g/mol. The number of amides is 2. The van der Waals surface area contributed by atoms with Crippen LogP contribution < -0.4 is 5.32 Å². The van der Waals surface area contributed by atoms with Gasteiger partial charge >= 0.3 is 0 Å². The largest absolute Gasteiger partial charge is 0.356 e. The zero-order chi connectivity index (χ0) is 17.0. The Balaban J connectivity index is 2.01. The van der Waals surface area contributed by atoms with Gasteiger partial charge in [0.1, 0.15) is 17.0 Å². The first kappa shape index (κ1) is 17.7. The molecule has 7 heteroatoms. The van der Waals surface area contributed by atoms with Gasteiger partial charge < -0.3 is 10.2 Å². The van der Waals surface area contributed by atoms with E-state index in [0.717, 1.165) is 6.07 Å². The van der Waals surface area contributed by atoms with Crippen molar-refractivity contribution in [2.75, 3.05) is 18.8 Å². The van der Waals surface area contributed by atoms with Gasteiger partial charge in [-0.3, -0.25) is 9.59 Å². The zero-order valence-electron chi connectivity index (χ0n) is 13.1. The quantitative estimate of drug-likeness (QED) is 0.865.